The minimum absolute atomic E-state index is 0. The molecule has 0 rings (SSSR count). The molecule has 0 aliphatic heterocycles. The second kappa shape index (κ2) is 36.0. The van der Waals surface area contributed by atoms with Crippen molar-refractivity contribution < 1.29 is 11.0 Å². The van der Waals surface area contributed by atoms with Gasteiger partial charge in [0.25, 0.3) is 0 Å². The SMILES string of the molecule is CC.CCCC(C)CC.CCCCCCC.O.O. The first-order valence-corrected chi connectivity index (χ1v) is 7.72. The Bertz CT molecular complexity index is 81.2. The molecule has 0 radical (unpaired) electrons. The lowest BCUT2D eigenvalue weighted by Gasteiger charge is -2.02. The summed E-state index contributed by atoms with van der Waals surface area (Å²) in [6.07, 6.45) is 11.1. The molecule has 1 unspecified atom stereocenters. The molecule has 0 bridgehead atoms. The van der Waals surface area contributed by atoms with Crippen molar-refractivity contribution in [2.75, 3.05) is 0 Å². The van der Waals surface area contributed by atoms with Gasteiger partial charge in [0.2, 0.25) is 0 Å². The molecular formula is C16H42O2. The highest BCUT2D eigenvalue weighted by Gasteiger charge is 1.92. The molecular weight excluding hydrogens is 224 g/mol. The Kier molecular flexibility index (Phi) is 61.4. The Morgan fingerprint density at radius 1 is 0.667 bits per heavy atom. The van der Waals surface area contributed by atoms with Gasteiger partial charge in [-0.2, -0.15) is 0 Å². The van der Waals surface area contributed by atoms with E-state index in [9.17, 15) is 0 Å². The second-order valence-electron chi connectivity index (χ2n) is 4.36. The van der Waals surface area contributed by atoms with Crippen molar-refractivity contribution in [1.29, 1.82) is 0 Å². The van der Waals surface area contributed by atoms with Crippen LogP contribution in [0, 0.1) is 5.92 Å². The van der Waals surface area contributed by atoms with Crippen LogP contribution in [0.5, 0.6) is 0 Å². The molecule has 0 aromatic rings. The molecule has 118 valence electrons. The van der Waals surface area contributed by atoms with E-state index in [1.165, 1.54) is 51.4 Å². The van der Waals surface area contributed by atoms with E-state index in [0.29, 0.717) is 0 Å². The predicted molar refractivity (Wildman–Crippen MR) is 87.4 cm³/mol. The smallest absolute Gasteiger partial charge is 0.0446 e. The van der Waals surface area contributed by atoms with Crippen molar-refractivity contribution in [3.8, 4) is 0 Å². The topological polar surface area (TPSA) is 63.0 Å². The largest absolute Gasteiger partial charge is 0.412 e. The van der Waals surface area contributed by atoms with E-state index in [1.807, 2.05) is 13.8 Å². The molecule has 4 N–H and O–H groups in total. The van der Waals surface area contributed by atoms with Gasteiger partial charge in [0.1, 0.15) is 0 Å². The number of rotatable bonds is 7. The van der Waals surface area contributed by atoms with Crippen LogP contribution in [0.1, 0.15) is 99.8 Å². The third kappa shape index (κ3) is 44.5. The van der Waals surface area contributed by atoms with Crippen LogP contribution in [0.15, 0.2) is 0 Å². The van der Waals surface area contributed by atoms with E-state index >= 15 is 0 Å². The molecule has 0 amide bonds. The third-order valence-electron chi connectivity index (χ3n) is 2.69. The summed E-state index contributed by atoms with van der Waals surface area (Å²) in [5.41, 5.74) is 0. The molecule has 0 saturated heterocycles. The lowest BCUT2D eigenvalue weighted by atomic mass is 10.0. The van der Waals surface area contributed by atoms with Crippen molar-refractivity contribution in [3.05, 3.63) is 0 Å². The standard InChI is InChI=1S/2C7H16.C2H6.2H2O/c1-4-6-7(3)5-2;1-3-5-7-6-4-2;1-2;;/h7H,4-6H2,1-3H3;3-7H2,1-2H3;1-2H3;2*1H2. The minimum Gasteiger partial charge on any atom is -0.412 e. The maximum Gasteiger partial charge on any atom is -0.0446 e. The van der Waals surface area contributed by atoms with E-state index in [-0.39, 0.29) is 11.0 Å². The molecule has 0 aromatic heterocycles. The van der Waals surface area contributed by atoms with Crippen LogP contribution in [-0.2, 0) is 0 Å². The molecule has 0 aliphatic carbocycles. The van der Waals surface area contributed by atoms with Gasteiger partial charge in [-0.1, -0.05) is 99.8 Å². The highest BCUT2D eigenvalue weighted by molar-refractivity contribution is 4.45. The quantitative estimate of drug-likeness (QED) is 0.569. The maximum absolute atomic E-state index is 2.31. The van der Waals surface area contributed by atoms with Crippen molar-refractivity contribution in [1.82, 2.24) is 0 Å². The highest BCUT2D eigenvalue weighted by Crippen LogP contribution is 2.07. The van der Waals surface area contributed by atoms with Gasteiger partial charge in [0.05, 0.1) is 0 Å². The van der Waals surface area contributed by atoms with Crippen LogP contribution in [0.25, 0.3) is 0 Å². The summed E-state index contributed by atoms with van der Waals surface area (Å²) in [5.74, 6) is 0.949. The molecule has 2 nitrogen and oxygen atoms in total. The van der Waals surface area contributed by atoms with E-state index in [4.69, 9.17) is 0 Å². The van der Waals surface area contributed by atoms with E-state index in [1.54, 1.807) is 0 Å². The third-order valence-corrected chi connectivity index (χ3v) is 2.69. The number of hydrogen-bond acceptors (Lipinski definition) is 0. The molecule has 2 heteroatoms. The molecule has 0 spiro atoms. The zero-order valence-electron chi connectivity index (χ0n) is 14.2. The van der Waals surface area contributed by atoms with Gasteiger partial charge in [-0.3, -0.25) is 0 Å². The average Bonchev–Trinajstić information content (AvgIpc) is 2.33. The summed E-state index contributed by atoms with van der Waals surface area (Å²) in [5, 5.41) is 0. The van der Waals surface area contributed by atoms with Crippen molar-refractivity contribution in [2.24, 2.45) is 5.92 Å². The summed E-state index contributed by atoms with van der Waals surface area (Å²) >= 11 is 0. The van der Waals surface area contributed by atoms with Crippen LogP contribution in [0.3, 0.4) is 0 Å². The van der Waals surface area contributed by atoms with Gasteiger partial charge in [-0.05, 0) is 5.92 Å². The summed E-state index contributed by atoms with van der Waals surface area (Å²) in [4.78, 5) is 0. The average molecular weight is 267 g/mol. The first kappa shape index (κ1) is 30.7. The normalized spacial score (nSPS) is 9.50. The summed E-state index contributed by atoms with van der Waals surface area (Å²) in [6, 6.07) is 0. The summed E-state index contributed by atoms with van der Waals surface area (Å²) in [7, 11) is 0. The molecule has 18 heavy (non-hydrogen) atoms. The summed E-state index contributed by atoms with van der Waals surface area (Å²) < 4.78 is 0. The fourth-order valence-electron chi connectivity index (χ4n) is 1.37. The van der Waals surface area contributed by atoms with Crippen LogP contribution in [0.2, 0.25) is 0 Å². The van der Waals surface area contributed by atoms with Gasteiger partial charge in [-0.15, -0.1) is 0 Å². The highest BCUT2D eigenvalue weighted by atomic mass is 16.0. The fourth-order valence-corrected chi connectivity index (χ4v) is 1.37. The Morgan fingerprint density at radius 3 is 1.22 bits per heavy atom. The molecule has 0 aliphatic rings. The van der Waals surface area contributed by atoms with Crippen LogP contribution in [-0.4, -0.2) is 11.0 Å². The number of unbranched alkanes of at least 4 members (excludes halogenated alkanes) is 4. The molecule has 0 saturated carbocycles. The molecule has 0 heterocycles. The first-order valence-electron chi connectivity index (χ1n) is 7.72. The Morgan fingerprint density at radius 2 is 1.06 bits per heavy atom. The van der Waals surface area contributed by atoms with Crippen LogP contribution in [0.4, 0.5) is 0 Å². The van der Waals surface area contributed by atoms with Crippen molar-refractivity contribution in [3.63, 3.8) is 0 Å². The second-order valence-corrected chi connectivity index (χ2v) is 4.36. The van der Waals surface area contributed by atoms with E-state index < -0.39 is 0 Å². The van der Waals surface area contributed by atoms with Gasteiger partial charge in [0, 0.05) is 0 Å². The molecule has 0 fully saturated rings. The molecule has 0 aromatic carbocycles. The fraction of sp³-hybridized carbons (Fsp3) is 1.00. The van der Waals surface area contributed by atoms with Crippen LogP contribution < -0.4 is 0 Å². The molecule has 1 atom stereocenters. The lowest BCUT2D eigenvalue weighted by Crippen LogP contribution is -1.88. The first-order chi connectivity index (χ1) is 7.72. The lowest BCUT2D eigenvalue weighted by molar-refractivity contribution is 0.509. The maximum atomic E-state index is 2.31. The zero-order chi connectivity index (χ0) is 13.2. The monoisotopic (exact) mass is 266 g/mol. The van der Waals surface area contributed by atoms with E-state index in [2.05, 4.69) is 34.6 Å². The van der Waals surface area contributed by atoms with E-state index in [0.717, 1.165) is 5.92 Å². The van der Waals surface area contributed by atoms with Crippen molar-refractivity contribution in [2.45, 2.75) is 99.8 Å². The number of hydrogen-bond donors (Lipinski definition) is 0. The van der Waals surface area contributed by atoms with Gasteiger partial charge >= 0.3 is 0 Å². The Labute approximate surface area is 117 Å². The minimum atomic E-state index is 0. The predicted octanol–water partition coefficient (Wildman–Crippen LogP) is 5.19. The Hall–Kier alpha value is -0.0800. The van der Waals surface area contributed by atoms with Gasteiger partial charge < -0.3 is 11.0 Å². The van der Waals surface area contributed by atoms with Gasteiger partial charge in [-0.25, -0.2) is 0 Å². The van der Waals surface area contributed by atoms with Crippen molar-refractivity contribution >= 4 is 0 Å². The van der Waals surface area contributed by atoms with Gasteiger partial charge in [0.15, 0.2) is 0 Å². The summed E-state index contributed by atoms with van der Waals surface area (Å²) in [6.45, 7) is 15.3. The Balaban J connectivity index is -0.0000000500. The van der Waals surface area contributed by atoms with Crippen LogP contribution >= 0.6 is 0 Å². The zero-order valence-corrected chi connectivity index (χ0v) is 14.2.